The highest BCUT2D eigenvalue weighted by molar-refractivity contribution is 6.01. The zero-order valence-electron chi connectivity index (χ0n) is 83.2. The number of piperazine rings is 3. The van der Waals surface area contributed by atoms with Gasteiger partial charge in [0, 0.05) is 272 Å². The van der Waals surface area contributed by atoms with Crippen LogP contribution in [0.5, 0.6) is 0 Å². The Morgan fingerprint density at radius 1 is 0.307 bits per heavy atom. The Labute approximate surface area is 818 Å². The molecular formula is C99H137N37O4. The second kappa shape index (κ2) is 44.3. The van der Waals surface area contributed by atoms with E-state index in [0.717, 1.165) is 283 Å². The van der Waals surface area contributed by atoms with Gasteiger partial charge in [-0.25, -0.2) is 53.6 Å². The molecule has 9 fully saturated rings. The van der Waals surface area contributed by atoms with Crippen molar-refractivity contribution in [1.29, 1.82) is 0 Å². The van der Waals surface area contributed by atoms with Crippen LogP contribution in [0.4, 0.5) is 64.3 Å². The first-order valence-electron chi connectivity index (χ1n) is 50.0. The van der Waals surface area contributed by atoms with E-state index in [-0.39, 0.29) is 23.6 Å². The Hall–Kier alpha value is -13.5. The maximum atomic E-state index is 13.0. The molecule has 1 saturated carbocycles. The van der Waals surface area contributed by atoms with Gasteiger partial charge in [-0.3, -0.25) is 29.0 Å². The van der Waals surface area contributed by atoms with Crippen molar-refractivity contribution >= 4 is 132 Å². The zero-order valence-corrected chi connectivity index (χ0v) is 83.2. The van der Waals surface area contributed by atoms with E-state index in [1.54, 1.807) is 101 Å². The van der Waals surface area contributed by atoms with Crippen LogP contribution in [-0.2, 0) is 6.54 Å². The molecule has 41 heteroatoms. The molecule has 1 aliphatic carbocycles. The highest BCUT2D eigenvalue weighted by atomic mass is 16.2. The number of pyridine rings is 3. The molecular weight excluding hydrogens is 1770 g/mol. The summed E-state index contributed by atoms with van der Waals surface area (Å²) in [6.45, 7) is 25.0. The van der Waals surface area contributed by atoms with Gasteiger partial charge < -0.3 is 90.3 Å². The maximum Gasteiger partial charge on any atom is 0.272 e. The van der Waals surface area contributed by atoms with Gasteiger partial charge in [-0.1, -0.05) is 6.07 Å². The Morgan fingerprint density at radius 3 is 0.957 bits per heavy atom. The third-order valence-electron chi connectivity index (χ3n) is 27.6. The topological polar surface area (TPSA) is 356 Å². The number of nitrogens with zero attached hydrogens (tertiary/aromatic N) is 33. The number of amides is 4. The van der Waals surface area contributed by atoms with Crippen molar-refractivity contribution < 1.29 is 19.2 Å². The van der Waals surface area contributed by atoms with E-state index in [0.29, 0.717) is 75.5 Å². The Bertz CT molecular complexity index is 6190. The highest BCUT2D eigenvalue weighted by Crippen LogP contribution is 2.33. The zero-order chi connectivity index (χ0) is 97.0. The second-order valence-corrected chi connectivity index (χ2v) is 39.0. The van der Waals surface area contributed by atoms with E-state index >= 15 is 0 Å². The molecule has 0 radical (unpaired) electrons. The molecule has 9 aliphatic rings. The monoisotopic (exact) mass is 1910 g/mol. The molecule has 0 aromatic carbocycles. The molecule has 8 aliphatic heterocycles. The third-order valence-corrected chi connectivity index (χ3v) is 27.6. The van der Waals surface area contributed by atoms with Crippen molar-refractivity contribution in [2.75, 3.05) is 291 Å². The number of rotatable bonds is 22. The number of carbonyl (C=O) groups excluding carboxylic acids is 4. The van der Waals surface area contributed by atoms with Crippen molar-refractivity contribution in [3.05, 3.63) is 145 Å². The second-order valence-electron chi connectivity index (χ2n) is 39.0. The van der Waals surface area contributed by atoms with E-state index in [4.69, 9.17) is 19.9 Å². The van der Waals surface area contributed by atoms with Crippen LogP contribution in [-0.4, -0.2) is 392 Å². The predicted octanol–water partition coefficient (Wildman–Crippen LogP) is 8.89. The van der Waals surface area contributed by atoms with Crippen LogP contribution >= 0.6 is 0 Å². The van der Waals surface area contributed by atoms with Crippen molar-refractivity contribution in [1.82, 2.24) is 128 Å². The largest absolute Gasteiger partial charge is 0.369 e. The summed E-state index contributed by atoms with van der Waals surface area (Å²) >= 11 is 0. The first kappa shape index (κ1) is 96.7. The fourth-order valence-electron chi connectivity index (χ4n) is 19.4. The lowest BCUT2D eigenvalue weighted by Gasteiger charge is -2.36. The number of anilines is 11. The molecule has 4 N–H and O–H groups in total. The number of carbonyl (C=O) groups is 4. The van der Waals surface area contributed by atoms with Gasteiger partial charge in [0.1, 0.15) is 40.2 Å². The van der Waals surface area contributed by atoms with Gasteiger partial charge in [0.25, 0.3) is 23.6 Å². The normalized spacial score (nSPS) is 17.9. The summed E-state index contributed by atoms with van der Waals surface area (Å²) < 4.78 is 7.92. The molecule has 140 heavy (non-hydrogen) atoms. The Morgan fingerprint density at radius 2 is 0.629 bits per heavy atom. The number of aromatic nitrogens is 17. The summed E-state index contributed by atoms with van der Waals surface area (Å²) in [5.74, 6) is 5.22. The molecule has 12 aromatic heterocycles. The molecule has 0 spiro atoms. The summed E-state index contributed by atoms with van der Waals surface area (Å²) in [6.07, 6.45) is 30.4. The molecule has 12 aromatic rings. The lowest BCUT2D eigenvalue weighted by Crippen LogP contribution is -2.47. The van der Waals surface area contributed by atoms with E-state index < -0.39 is 0 Å². The molecule has 0 atom stereocenters. The van der Waals surface area contributed by atoms with Crippen LogP contribution in [0.25, 0.3) is 44.1 Å². The molecule has 0 unspecified atom stereocenters. The number of hydrogen-bond donors (Lipinski definition) is 4. The first-order chi connectivity index (χ1) is 68.0. The molecule has 8 saturated heterocycles. The number of likely N-dealkylation sites (N-methyl/N-ethyl adjacent to an activating group) is 3. The first-order valence-corrected chi connectivity index (χ1v) is 50.0. The number of nitrogens with one attached hydrogen (secondary N) is 4. The smallest absolute Gasteiger partial charge is 0.272 e. The van der Waals surface area contributed by atoms with Crippen LogP contribution in [0.2, 0.25) is 0 Å². The van der Waals surface area contributed by atoms with Gasteiger partial charge >= 0.3 is 0 Å². The average Bonchev–Trinajstić information content (AvgIpc) is 1.63. The minimum Gasteiger partial charge on any atom is -0.369 e. The molecule has 4 amide bonds. The van der Waals surface area contributed by atoms with Gasteiger partial charge in [-0.05, 0) is 196 Å². The maximum absolute atomic E-state index is 13.0. The standard InChI is InChI=1S/C26H35N9O.2C25H35N9O.C23H32N10O/c1-31(2)25(36)22-16-19-17-28-26(30-24(19)35(22)34-10-4-3-5-11-34)29-23-9-8-21(18-27-23)33-14-12-32(13-15-33)20-6-7-20;1-30(2)24(35)21-16-19-17-27-25(29-23(19)34(21)33-12-5-4-6-13-33)28-22-9-8-20(18-26-22)32-11-7-10-31(3)14-15-32;1-30(2)24(35)21-15-20-17-27-25(29-23(20)34(21)33-9-5-4-6-10-33)28-22-8-7-19(16-26-22)18-32-13-11-31(3)12-14-32;1-29(2)22(34)18-15-17-16-24-23(26-21(17)33(18)32-9-5-4-6-10-32)25-19-7-8-20(28-27-19)31-13-11-30(3)12-14-31/h8-9,16-18,20H,3-7,10-15H2,1-2H3,(H,27,28,29,30);8-9,16-18H,4-7,10-15H2,1-3H3,(H,26,27,28,29);7-8,15-17H,4-6,9-14,18H2,1-3H3,(H,26,27,28,29);7-8,15-16H,4-6,9-14H2,1-3H3,(H,24,25,26,27). The number of piperidine rings is 4. The summed E-state index contributed by atoms with van der Waals surface area (Å²) in [6, 6.07) is 24.5. The summed E-state index contributed by atoms with van der Waals surface area (Å²) in [7, 11) is 20.7. The average molecular weight is 1910 g/mol. The molecule has 0 bridgehead atoms. The van der Waals surface area contributed by atoms with Crippen LogP contribution in [0, 0.1) is 0 Å². The molecule has 41 nitrogen and oxygen atoms in total. The predicted molar refractivity (Wildman–Crippen MR) is 551 cm³/mol. The summed E-state index contributed by atoms with van der Waals surface area (Å²) in [5.41, 5.74) is 8.86. The Balaban J connectivity index is 0.000000124. The Kier molecular flexibility index (Phi) is 30.6. The summed E-state index contributed by atoms with van der Waals surface area (Å²) in [4.78, 5) is 128. The number of fused-ring (bicyclic) bond motifs is 4. The lowest BCUT2D eigenvalue weighted by atomic mass is 10.2. The SMILES string of the molecule is CN(C)C(=O)c1cc2cnc(Nc3ccc(N4CCN(C5CC5)CC4)cn3)nc2n1N1CCCCC1.CN1CCCN(c2ccc(Nc3ncc4cc(C(=O)N(C)C)n(N5CCCCC5)c4n3)nc2)CC1.CN1CCN(Cc2ccc(Nc3ncc4cc(C(=O)N(C)C)n(N5CCCCC5)c4n3)nc2)CC1.CN1CCN(c2ccc(Nc3ncc4cc(C(=O)N(C)C)n(N5CCCCC5)c4n3)nn2)CC1. The molecule has 21 rings (SSSR count). The van der Waals surface area contributed by atoms with Gasteiger partial charge in [0.2, 0.25) is 23.8 Å². The van der Waals surface area contributed by atoms with Gasteiger partial charge in [0.05, 0.1) is 23.8 Å². The van der Waals surface area contributed by atoms with Crippen molar-refractivity contribution in [3.8, 4) is 0 Å². The van der Waals surface area contributed by atoms with E-state index in [2.05, 4.69) is 165 Å². The van der Waals surface area contributed by atoms with E-state index in [1.807, 2.05) is 91.9 Å². The van der Waals surface area contributed by atoms with E-state index in [1.165, 1.54) is 44.1 Å². The molecule has 20 heterocycles. The lowest BCUT2D eigenvalue weighted by molar-refractivity contribution is 0.0809. The van der Waals surface area contributed by atoms with Crippen molar-refractivity contribution in [3.63, 3.8) is 0 Å². The van der Waals surface area contributed by atoms with E-state index in [9.17, 15) is 19.2 Å². The third kappa shape index (κ3) is 23.1. The molecule has 742 valence electrons. The van der Waals surface area contributed by atoms with Gasteiger partial charge in [0.15, 0.2) is 34.2 Å². The number of hydrogen-bond acceptors (Lipinski definition) is 33. The summed E-state index contributed by atoms with van der Waals surface area (Å²) in [5, 5.41) is 33.9. The fraction of sp³-hybridized carbons (Fsp3) is 0.525. The van der Waals surface area contributed by atoms with Gasteiger partial charge in [-0.15, -0.1) is 10.2 Å². The van der Waals surface area contributed by atoms with Crippen molar-refractivity contribution in [2.45, 2.75) is 109 Å². The van der Waals surface area contributed by atoms with Crippen molar-refractivity contribution in [2.24, 2.45) is 0 Å². The van der Waals surface area contributed by atoms with Crippen LogP contribution in [0.1, 0.15) is 144 Å². The highest BCUT2D eigenvalue weighted by Gasteiger charge is 2.34. The quantitative estimate of drug-likeness (QED) is 0.0492. The van der Waals surface area contributed by atoms with Crippen LogP contribution < -0.4 is 56.0 Å². The van der Waals surface area contributed by atoms with Crippen LogP contribution in [0.15, 0.2) is 116 Å². The minimum atomic E-state index is -0.0524. The van der Waals surface area contributed by atoms with Gasteiger partial charge in [-0.2, -0.15) is 19.9 Å². The fourth-order valence-corrected chi connectivity index (χ4v) is 19.4. The van der Waals surface area contributed by atoms with Crippen LogP contribution in [0.3, 0.4) is 0 Å². The minimum absolute atomic E-state index is 0.0386.